The van der Waals surface area contributed by atoms with E-state index in [4.69, 9.17) is 9.47 Å². The van der Waals surface area contributed by atoms with Crippen LogP contribution in [0.1, 0.15) is 23.8 Å². The molecule has 0 radical (unpaired) electrons. The van der Waals surface area contributed by atoms with E-state index in [1.54, 1.807) is 20.3 Å². The van der Waals surface area contributed by atoms with Crippen molar-refractivity contribution >= 4 is 29.2 Å². The number of urea groups is 1. The molecular formula is C22H27N3O5S. The molecule has 9 heteroatoms. The highest BCUT2D eigenvalue weighted by molar-refractivity contribution is 7.09. The zero-order valence-electron chi connectivity index (χ0n) is 17.9. The van der Waals surface area contributed by atoms with Crippen LogP contribution in [0.4, 0.5) is 4.79 Å². The number of benzene rings is 1. The van der Waals surface area contributed by atoms with Gasteiger partial charge in [0.2, 0.25) is 5.91 Å². The monoisotopic (exact) mass is 445 g/mol. The van der Waals surface area contributed by atoms with Crippen molar-refractivity contribution in [3.05, 3.63) is 46.2 Å². The summed E-state index contributed by atoms with van der Waals surface area (Å²) in [6.07, 6.45) is 0.462. The van der Waals surface area contributed by atoms with Crippen molar-refractivity contribution in [3.63, 3.8) is 0 Å². The number of hydrogen-bond acceptors (Lipinski definition) is 6. The number of amides is 4. The maximum atomic E-state index is 13.1. The molecule has 1 fully saturated rings. The summed E-state index contributed by atoms with van der Waals surface area (Å²) >= 11 is 1.49. The normalized spacial score (nSPS) is 16.0. The lowest BCUT2D eigenvalue weighted by Gasteiger charge is -2.21. The Balaban J connectivity index is 1.77. The molecule has 1 unspecified atom stereocenters. The van der Waals surface area contributed by atoms with Gasteiger partial charge in [0.1, 0.15) is 6.04 Å². The van der Waals surface area contributed by atoms with Gasteiger partial charge in [-0.05, 0) is 42.5 Å². The second-order valence-corrected chi connectivity index (χ2v) is 8.12. The van der Waals surface area contributed by atoms with E-state index in [0.29, 0.717) is 31.0 Å². The van der Waals surface area contributed by atoms with Gasteiger partial charge in [-0.1, -0.05) is 12.1 Å². The topological polar surface area (TPSA) is 88.2 Å². The van der Waals surface area contributed by atoms with Crippen molar-refractivity contribution < 1.29 is 23.9 Å². The molecule has 0 spiro atoms. The summed E-state index contributed by atoms with van der Waals surface area (Å²) in [6, 6.07) is 8.14. The maximum Gasteiger partial charge on any atom is 0.327 e. The maximum absolute atomic E-state index is 13.1. The number of nitrogens with one attached hydrogen (secondary N) is 1. The van der Waals surface area contributed by atoms with Crippen molar-refractivity contribution in [1.82, 2.24) is 15.1 Å². The fraction of sp³-hybridized carbons (Fsp3) is 0.409. The number of methoxy groups -OCH3 is 2. The Hall–Kier alpha value is -3.07. The molecule has 1 atom stereocenters. The van der Waals surface area contributed by atoms with Crippen molar-refractivity contribution in [2.75, 3.05) is 27.3 Å². The molecule has 2 aromatic rings. The largest absolute Gasteiger partial charge is 0.493 e. The molecule has 0 saturated carbocycles. The smallest absolute Gasteiger partial charge is 0.327 e. The minimum Gasteiger partial charge on any atom is -0.493 e. The van der Waals surface area contributed by atoms with Gasteiger partial charge in [-0.2, -0.15) is 0 Å². The standard InChI is InChI=1S/C22H27N3O5S/c1-4-23-20(26)13-17-21(27)25(14-16-6-5-11-31-16)22(28)24(17)10-9-15-7-8-18(29-2)19(12-15)30-3/h5-8,11-12,17H,4,9-10,13-14H2,1-3H3,(H,23,26). The summed E-state index contributed by atoms with van der Waals surface area (Å²) in [5, 5.41) is 4.62. The quantitative estimate of drug-likeness (QED) is 0.568. The molecule has 8 nitrogen and oxygen atoms in total. The van der Waals surface area contributed by atoms with Crippen LogP contribution in [0.3, 0.4) is 0 Å². The van der Waals surface area contributed by atoms with E-state index in [2.05, 4.69) is 5.32 Å². The Kier molecular flexibility index (Phi) is 7.51. The van der Waals surface area contributed by atoms with Crippen LogP contribution in [-0.4, -0.2) is 61.0 Å². The van der Waals surface area contributed by atoms with Crippen LogP contribution in [0.2, 0.25) is 0 Å². The van der Waals surface area contributed by atoms with Crippen LogP contribution in [-0.2, 0) is 22.6 Å². The van der Waals surface area contributed by atoms with Crippen LogP contribution < -0.4 is 14.8 Å². The van der Waals surface area contributed by atoms with Crippen molar-refractivity contribution in [3.8, 4) is 11.5 Å². The first kappa shape index (κ1) is 22.6. The summed E-state index contributed by atoms with van der Waals surface area (Å²) < 4.78 is 10.6. The zero-order valence-corrected chi connectivity index (χ0v) is 18.7. The molecule has 1 aliphatic rings. The van der Waals surface area contributed by atoms with Gasteiger partial charge in [0.05, 0.1) is 27.2 Å². The lowest BCUT2D eigenvalue weighted by atomic mass is 10.1. The molecule has 4 amide bonds. The predicted octanol–water partition coefficient (Wildman–Crippen LogP) is 2.67. The fourth-order valence-electron chi connectivity index (χ4n) is 3.58. The van der Waals surface area contributed by atoms with E-state index < -0.39 is 6.04 Å². The van der Waals surface area contributed by atoms with Crippen LogP contribution >= 0.6 is 11.3 Å². The van der Waals surface area contributed by atoms with Crippen LogP contribution in [0.15, 0.2) is 35.7 Å². The number of ether oxygens (including phenoxy) is 2. The van der Waals surface area contributed by atoms with Gasteiger partial charge in [-0.15, -0.1) is 11.3 Å². The van der Waals surface area contributed by atoms with Gasteiger partial charge in [0, 0.05) is 18.0 Å². The third-order valence-corrected chi connectivity index (χ3v) is 6.00. The number of carbonyl (C=O) groups is 3. The van der Waals surface area contributed by atoms with E-state index in [1.807, 2.05) is 36.6 Å². The molecule has 1 aromatic carbocycles. The molecule has 2 heterocycles. The van der Waals surface area contributed by atoms with E-state index in [0.717, 1.165) is 10.4 Å². The SMILES string of the molecule is CCNC(=O)CC1C(=O)N(Cc2cccs2)C(=O)N1CCc1ccc(OC)c(OC)c1. The second-order valence-electron chi connectivity index (χ2n) is 7.09. The average Bonchev–Trinajstić information content (AvgIpc) is 3.35. The minimum absolute atomic E-state index is 0.0503. The van der Waals surface area contributed by atoms with Gasteiger partial charge in [0.25, 0.3) is 5.91 Å². The zero-order chi connectivity index (χ0) is 22.4. The number of thiophene rings is 1. The highest BCUT2D eigenvalue weighted by atomic mass is 32.1. The van der Waals surface area contributed by atoms with Crippen molar-refractivity contribution in [1.29, 1.82) is 0 Å². The minimum atomic E-state index is -0.806. The predicted molar refractivity (Wildman–Crippen MR) is 117 cm³/mol. The number of imide groups is 1. The lowest BCUT2D eigenvalue weighted by molar-refractivity contribution is -0.132. The molecule has 1 N–H and O–H groups in total. The van der Waals surface area contributed by atoms with E-state index in [1.165, 1.54) is 21.1 Å². The van der Waals surface area contributed by atoms with Crippen molar-refractivity contribution in [2.45, 2.75) is 32.4 Å². The first-order valence-corrected chi connectivity index (χ1v) is 11.0. The summed E-state index contributed by atoms with van der Waals surface area (Å²) in [6.45, 7) is 2.81. The van der Waals surface area contributed by atoms with Crippen LogP contribution in [0, 0.1) is 0 Å². The lowest BCUT2D eigenvalue weighted by Crippen LogP contribution is -2.40. The van der Waals surface area contributed by atoms with Crippen LogP contribution in [0.5, 0.6) is 11.5 Å². The molecule has 3 rings (SSSR count). The summed E-state index contributed by atoms with van der Waals surface area (Å²) in [7, 11) is 3.13. The van der Waals surface area contributed by atoms with E-state index in [-0.39, 0.29) is 30.8 Å². The Morgan fingerprint density at radius 2 is 1.94 bits per heavy atom. The summed E-state index contributed by atoms with van der Waals surface area (Å²) in [5.74, 6) is 0.636. The van der Waals surface area contributed by atoms with Crippen LogP contribution in [0.25, 0.3) is 0 Å². The first-order valence-electron chi connectivity index (χ1n) is 10.1. The Bertz CT molecular complexity index is 931. The number of hydrogen-bond donors (Lipinski definition) is 1. The molecule has 0 bridgehead atoms. The van der Waals surface area contributed by atoms with Crippen molar-refractivity contribution in [2.24, 2.45) is 0 Å². The van der Waals surface area contributed by atoms with Gasteiger partial charge in [-0.25, -0.2) is 4.79 Å². The average molecular weight is 446 g/mol. The molecule has 1 aliphatic heterocycles. The summed E-state index contributed by atoms with van der Waals surface area (Å²) in [4.78, 5) is 42.0. The molecule has 31 heavy (non-hydrogen) atoms. The number of carbonyl (C=O) groups excluding carboxylic acids is 3. The first-order chi connectivity index (χ1) is 15.0. The molecule has 1 aromatic heterocycles. The van der Waals surface area contributed by atoms with Gasteiger partial charge in [0.15, 0.2) is 11.5 Å². The number of nitrogens with zero attached hydrogens (tertiary/aromatic N) is 2. The second kappa shape index (κ2) is 10.3. The molecular weight excluding hydrogens is 418 g/mol. The number of rotatable bonds is 10. The molecule has 1 saturated heterocycles. The Morgan fingerprint density at radius 1 is 1.16 bits per heavy atom. The van der Waals surface area contributed by atoms with E-state index in [9.17, 15) is 14.4 Å². The fourth-order valence-corrected chi connectivity index (χ4v) is 4.27. The molecule has 0 aliphatic carbocycles. The van der Waals surface area contributed by atoms with Gasteiger partial charge < -0.3 is 19.7 Å². The van der Waals surface area contributed by atoms with E-state index >= 15 is 0 Å². The highest BCUT2D eigenvalue weighted by Crippen LogP contribution is 2.29. The Morgan fingerprint density at radius 3 is 2.58 bits per heavy atom. The third-order valence-electron chi connectivity index (χ3n) is 5.14. The Labute approximate surface area is 185 Å². The molecule has 166 valence electrons. The summed E-state index contributed by atoms with van der Waals surface area (Å²) in [5.41, 5.74) is 0.936. The third kappa shape index (κ3) is 5.16. The highest BCUT2D eigenvalue weighted by Gasteiger charge is 2.45. The van der Waals surface area contributed by atoms with Gasteiger partial charge >= 0.3 is 6.03 Å². The van der Waals surface area contributed by atoms with Gasteiger partial charge in [-0.3, -0.25) is 14.5 Å².